The van der Waals surface area contributed by atoms with Crippen LogP contribution in [0.25, 0.3) is 0 Å². The van der Waals surface area contributed by atoms with Gasteiger partial charge >= 0.3 is 6.18 Å². The predicted molar refractivity (Wildman–Crippen MR) is 69.9 cm³/mol. The third-order valence-corrected chi connectivity index (χ3v) is 2.82. The molecule has 2 aromatic carbocycles. The molecule has 0 aromatic heterocycles. The van der Waals surface area contributed by atoms with Gasteiger partial charge in [0.2, 0.25) is 0 Å². The van der Waals surface area contributed by atoms with Crippen molar-refractivity contribution in [3.8, 4) is 0 Å². The van der Waals surface area contributed by atoms with Crippen molar-refractivity contribution in [1.82, 2.24) is 0 Å². The Balaban J connectivity index is 2.16. The zero-order chi connectivity index (χ0) is 13.9. The summed E-state index contributed by atoms with van der Waals surface area (Å²) >= 11 is 0. The molecule has 4 heteroatoms. The van der Waals surface area contributed by atoms with Gasteiger partial charge in [0, 0.05) is 12.2 Å². The Morgan fingerprint density at radius 1 is 1.00 bits per heavy atom. The van der Waals surface area contributed by atoms with Gasteiger partial charge in [-0.25, -0.2) is 0 Å². The monoisotopic (exact) mass is 265 g/mol. The molecule has 0 aliphatic heterocycles. The van der Waals surface area contributed by atoms with E-state index in [1.807, 2.05) is 31.2 Å². The third kappa shape index (κ3) is 3.50. The van der Waals surface area contributed by atoms with E-state index in [1.165, 1.54) is 12.1 Å². The molecule has 19 heavy (non-hydrogen) atoms. The maximum atomic E-state index is 12.8. The Hall–Kier alpha value is -1.97. The Labute approximate surface area is 110 Å². The van der Waals surface area contributed by atoms with E-state index in [0.717, 1.165) is 17.3 Å². The fourth-order valence-corrected chi connectivity index (χ4v) is 1.90. The first-order chi connectivity index (χ1) is 8.97. The molecule has 0 fully saturated rings. The van der Waals surface area contributed by atoms with Crippen LogP contribution in [0.4, 0.5) is 18.9 Å². The average molecular weight is 265 g/mol. The van der Waals surface area contributed by atoms with Gasteiger partial charge in [0.25, 0.3) is 0 Å². The summed E-state index contributed by atoms with van der Waals surface area (Å²) in [5.41, 5.74) is 1.54. The van der Waals surface area contributed by atoms with Gasteiger partial charge in [-0.1, -0.05) is 30.3 Å². The second kappa shape index (κ2) is 5.34. The molecule has 0 radical (unpaired) electrons. The van der Waals surface area contributed by atoms with Gasteiger partial charge < -0.3 is 5.32 Å². The molecule has 0 heterocycles. The summed E-state index contributed by atoms with van der Waals surface area (Å²) in [6.07, 6.45) is -4.31. The molecule has 0 saturated carbocycles. The maximum Gasteiger partial charge on any atom is 0.416 e. The number of halogens is 3. The number of hydrogen-bond donors (Lipinski definition) is 1. The van der Waals surface area contributed by atoms with E-state index < -0.39 is 11.7 Å². The van der Waals surface area contributed by atoms with Gasteiger partial charge in [-0.15, -0.1) is 0 Å². The lowest BCUT2D eigenvalue weighted by Crippen LogP contribution is -2.11. The van der Waals surface area contributed by atoms with Crippen LogP contribution in [0.15, 0.2) is 48.5 Å². The number of aryl methyl sites for hydroxylation is 1. The zero-order valence-corrected chi connectivity index (χ0v) is 10.5. The number of alkyl halides is 3. The van der Waals surface area contributed by atoms with Gasteiger partial charge in [-0.2, -0.15) is 13.2 Å². The minimum absolute atomic E-state index is 0.152. The molecule has 0 amide bonds. The van der Waals surface area contributed by atoms with Crippen LogP contribution in [0.1, 0.15) is 16.7 Å². The van der Waals surface area contributed by atoms with Crippen molar-refractivity contribution in [3.63, 3.8) is 0 Å². The lowest BCUT2D eigenvalue weighted by molar-refractivity contribution is -0.138. The number of rotatable bonds is 3. The standard InChI is InChI=1S/C15H14F3N/c1-11-5-4-7-13(9-11)19-10-12-6-2-3-8-14(12)15(16,17)18/h2-9,19H,10H2,1H3. The van der Waals surface area contributed by atoms with Crippen molar-refractivity contribution < 1.29 is 13.2 Å². The number of hydrogen-bond acceptors (Lipinski definition) is 1. The Kier molecular flexibility index (Phi) is 3.79. The van der Waals surface area contributed by atoms with Crippen molar-refractivity contribution >= 4 is 5.69 Å². The van der Waals surface area contributed by atoms with Crippen LogP contribution < -0.4 is 5.32 Å². The van der Waals surface area contributed by atoms with Crippen molar-refractivity contribution in [3.05, 3.63) is 65.2 Å². The van der Waals surface area contributed by atoms with E-state index in [-0.39, 0.29) is 12.1 Å². The van der Waals surface area contributed by atoms with Gasteiger partial charge in [0.1, 0.15) is 0 Å². The average Bonchev–Trinajstić information content (AvgIpc) is 2.36. The summed E-state index contributed by atoms with van der Waals surface area (Å²) in [6, 6.07) is 13.2. The predicted octanol–water partition coefficient (Wildman–Crippen LogP) is 4.63. The Bertz CT molecular complexity index is 561. The molecule has 0 aliphatic carbocycles. The van der Waals surface area contributed by atoms with Crippen LogP contribution in [0.5, 0.6) is 0 Å². The second-order valence-corrected chi connectivity index (χ2v) is 4.38. The molecule has 100 valence electrons. The third-order valence-electron chi connectivity index (χ3n) is 2.82. The number of benzene rings is 2. The topological polar surface area (TPSA) is 12.0 Å². The first-order valence-corrected chi connectivity index (χ1v) is 5.92. The van der Waals surface area contributed by atoms with Gasteiger partial charge in [0.15, 0.2) is 0 Å². The summed E-state index contributed by atoms with van der Waals surface area (Å²) in [5.74, 6) is 0. The minimum atomic E-state index is -4.31. The fourth-order valence-electron chi connectivity index (χ4n) is 1.90. The lowest BCUT2D eigenvalue weighted by atomic mass is 10.1. The van der Waals surface area contributed by atoms with Crippen LogP contribution in [0.3, 0.4) is 0 Å². The molecule has 0 saturated heterocycles. The van der Waals surface area contributed by atoms with Crippen LogP contribution in [-0.2, 0) is 12.7 Å². The minimum Gasteiger partial charge on any atom is -0.381 e. The molecular formula is C15H14F3N. The first kappa shape index (κ1) is 13.5. The van der Waals surface area contributed by atoms with Crippen LogP contribution in [-0.4, -0.2) is 0 Å². The first-order valence-electron chi connectivity index (χ1n) is 5.92. The molecular weight excluding hydrogens is 251 g/mol. The highest BCUT2D eigenvalue weighted by atomic mass is 19.4. The highest BCUT2D eigenvalue weighted by Gasteiger charge is 2.32. The largest absolute Gasteiger partial charge is 0.416 e. The van der Waals surface area contributed by atoms with Crippen LogP contribution in [0, 0.1) is 6.92 Å². The quantitative estimate of drug-likeness (QED) is 0.853. The highest BCUT2D eigenvalue weighted by molar-refractivity contribution is 5.46. The van der Waals surface area contributed by atoms with Gasteiger partial charge in [-0.05, 0) is 36.2 Å². The highest BCUT2D eigenvalue weighted by Crippen LogP contribution is 2.32. The fraction of sp³-hybridized carbons (Fsp3) is 0.200. The second-order valence-electron chi connectivity index (χ2n) is 4.38. The van der Waals surface area contributed by atoms with E-state index >= 15 is 0 Å². The summed E-state index contributed by atoms with van der Waals surface area (Å²) < 4.78 is 38.4. The molecule has 0 unspecified atom stereocenters. The molecule has 1 nitrogen and oxygen atoms in total. The molecule has 0 bridgehead atoms. The Morgan fingerprint density at radius 3 is 2.42 bits per heavy atom. The zero-order valence-electron chi connectivity index (χ0n) is 10.5. The van der Waals surface area contributed by atoms with E-state index in [9.17, 15) is 13.2 Å². The van der Waals surface area contributed by atoms with Crippen LogP contribution >= 0.6 is 0 Å². The van der Waals surface area contributed by atoms with Crippen LogP contribution in [0.2, 0.25) is 0 Å². The van der Waals surface area contributed by atoms with Crippen molar-refractivity contribution in [1.29, 1.82) is 0 Å². The smallest absolute Gasteiger partial charge is 0.381 e. The van der Waals surface area contributed by atoms with E-state index in [4.69, 9.17) is 0 Å². The molecule has 0 spiro atoms. The molecule has 0 aliphatic rings. The molecule has 2 aromatic rings. The summed E-state index contributed by atoms with van der Waals surface area (Å²) in [7, 11) is 0. The van der Waals surface area contributed by atoms with E-state index in [0.29, 0.717) is 0 Å². The van der Waals surface area contributed by atoms with Gasteiger partial charge in [0.05, 0.1) is 5.56 Å². The molecule has 1 N–H and O–H groups in total. The van der Waals surface area contributed by atoms with Crippen molar-refractivity contribution in [2.75, 3.05) is 5.32 Å². The normalized spacial score (nSPS) is 11.4. The SMILES string of the molecule is Cc1cccc(NCc2ccccc2C(F)(F)F)c1. The number of anilines is 1. The number of nitrogens with one attached hydrogen (secondary N) is 1. The van der Waals surface area contributed by atoms with Gasteiger partial charge in [-0.3, -0.25) is 0 Å². The van der Waals surface area contributed by atoms with Crippen molar-refractivity contribution in [2.45, 2.75) is 19.6 Å². The summed E-state index contributed by atoms with van der Waals surface area (Å²) in [4.78, 5) is 0. The van der Waals surface area contributed by atoms with Crippen molar-refractivity contribution in [2.24, 2.45) is 0 Å². The Morgan fingerprint density at radius 2 is 1.74 bits per heavy atom. The van der Waals surface area contributed by atoms with E-state index in [2.05, 4.69) is 5.32 Å². The summed E-state index contributed by atoms with van der Waals surface area (Å²) in [6.45, 7) is 2.09. The maximum absolute atomic E-state index is 12.8. The molecule has 2 rings (SSSR count). The lowest BCUT2D eigenvalue weighted by Gasteiger charge is -2.14. The summed E-state index contributed by atoms with van der Waals surface area (Å²) in [5, 5.41) is 3.01. The van der Waals surface area contributed by atoms with E-state index in [1.54, 1.807) is 6.07 Å². The molecule has 0 atom stereocenters.